The van der Waals surface area contributed by atoms with Crippen LogP contribution >= 0.6 is 24.0 Å². The molecule has 7 nitrogen and oxygen atoms in total. The van der Waals surface area contributed by atoms with Gasteiger partial charge in [-0.05, 0) is 37.5 Å². The number of methoxy groups -OCH3 is 1. The fourth-order valence-electron chi connectivity index (χ4n) is 2.38. The van der Waals surface area contributed by atoms with Crippen LogP contribution in [0.15, 0.2) is 23.2 Å². The van der Waals surface area contributed by atoms with E-state index in [1.165, 1.54) is 13.2 Å². The molecule has 1 aliphatic carbocycles. The number of ether oxygens (including phenoxy) is 2. The Kier molecular flexibility index (Phi) is 10.9. The minimum atomic E-state index is -2.93. The number of carbonyl (C=O) groups excluding carboxylic acids is 1. The summed E-state index contributed by atoms with van der Waals surface area (Å²) >= 11 is 0. The van der Waals surface area contributed by atoms with Crippen LogP contribution < -0.4 is 25.4 Å². The number of hydrogen-bond acceptors (Lipinski definition) is 4. The molecule has 0 aromatic heterocycles. The lowest BCUT2D eigenvalue weighted by Gasteiger charge is -2.13. The number of nitrogens with one attached hydrogen (secondary N) is 3. The van der Waals surface area contributed by atoms with Crippen LogP contribution in [0.5, 0.6) is 11.5 Å². The zero-order valence-corrected chi connectivity index (χ0v) is 18.3. The standard InChI is InChI=1S/C18H26F2N4O3.HI/c1-3-21-18(23-9-8-22-16(25)13-5-6-13)24-11-12-4-7-14(26-2)15(10-12)27-17(19)20;/h4,7,10,13,17H,3,5-6,8-9,11H2,1-2H3,(H,22,25)(H2,21,23,24);1H. The second-order valence-electron chi connectivity index (χ2n) is 6.05. The molecule has 1 saturated carbocycles. The van der Waals surface area contributed by atoms with Gasteiger partial charge in [0.2, 0.25) is 5.91 Å². The molecule has 1 aromatic carbocycles. The number of carbonyl (C=O) groups is 1. The molecule has 0 saturated heterocycles. The zero-order valence-electron chi connectivity index (χ0n) is 16.0. The van der Waals surface area contributed by atoms with E-state index in [1.807, 2.05) is 6.92 Å². The van der Waals surface area contributed by atoms with Gasteiger partial charge in [0.1, 0.15) is 0 Å². The Morgan fingerprint density at radius 3 is 2.54 bits per heavy atom. The Labute approximate surface area is 180 Å². The zero-order chi connectivity index (χ0) is 19.6. The monoisotopic (exact) mass is 512 g/mol. The van der Waals surface area contributed by atoms with E-state index in [-0.39, 0.29) is 53.8 Å². The molecule has 0 bridgehead atoms. The third-order valence-electron chi connectivity index (χ3n) is 3.87. The van der Waals surface area contributed by atoms with E-state index in [0.717, 1.165) is 12.8 Å². The average Bonchev–Trinajstić information content (AvgIpc) is 3.48. The summed E-state index contributed by atoms with van der Waals surface area (Å²) in [6.07, 6.45) is 1.95. The smallest absolute Gasteiger partial charge is 0.387 e. The first-order valence-corrected chi connectivity index (χ1v) is 8.95. The van der Waals surface area contributed by atoms with Crippen molar-refractivity contribution in [1.82, 2.24) is 16.0 Å². The van der Waals surface area contributed by atoms with Crippen LogP contribution in [0.25, 0.3) is 0 Å². The minimum absolute atomic E-state index is 0. The van der Waals surface area contributed by atoms with Crippen LogP contribution in [0.4, 0.5) is 8.78 Å². The molecule has 2 rings (SSSR count). The molecule has 3 N–H and O–H groups in total. The highest BCUT2D eigenvalue weighted by Gasteiger charge is 2.28. The summed E-state index contributed by atoms with van der Waals surface area (Å²) in [5.41, 5.74) is 0.700. The molecule has 1 aromatic rings. The first kappa shape index (κ1) is 24.2. The third kappa shape index (κ3) is 8.44. The van der Waals surface area contributed by atoms with Gasteiger partial charge in [-0.1, -0.05) is 6.07 Å². The summed E-state index contributed by atoms with van der Waals surface area (Å²) in [4.78, 5) is 16.0. The van der Waals surface area contributed by atoms with Gasteiger partial charge in [0.05, 0.1) is 13.7 Å². The van der Waals surface area contributed by atoms with Gasteiger partial charge in [-0.2, -0.15) is 8.78 Å². The number of hydrogen-bond donors (Lipinski definition) is 3. The van der Waals surface area contributed by atoms with Gasteiger partial charge < -0.3 is 25.4 Å². The molecule has 0 spiro atoms. The molecule has 1 aliphatic rings. The lowest BCUT2D eigenvalue weighted by molar-refractivity contribution is -0.122. The molecule has 0 unspecified atom stereocenters. The molecule has 0 aliphatic heterocycles. The molecule has 1 fully saturated rings. The SMILES string of the molecule is CCNC(=NCc1ccc(OC)c(OC(F)F)c1)NCCNC(=O)C1CC1.I. The molecule has 0 heterocycles. The predicted molar refractivity (Wildman–Crippen MR) is 114 cm³/mol. The van der Waals surface area contributed by atoms with Crippen molar-refractivity contribution in [2.45, 2.75) is 32.9 Å². The van der Waals surface area contributed by atoms with Crippen molar-refractivity contribution in [1.29, 1.82) is 0 Å². The second kappa shape index (κ2) is 12.6. The van der Waals surface area contributed by atoms with Crippen LogP contribution in [-0.4, -0.2) is 45.2 Å². The Morgan fingerprint density at radius 1 is 1.21 bits per heavy atom. The fourth-order valence-corrected chi connectivity index (χ4v) is 2.38. The predicted octanol–water partition coefficient (Wildman–Crippen LogP) is 2.50. The second-order valence-corrected chi connectivity index (χ2v) is 6.05. The van der Waals surface area contributed by atoms with E-state index in [2.05, 4.69) is 25.7 Å². The van der Waals surface area contributed by atoms with Crippen LogP contribution in [0.2, 0.25) is 0 Å². The summed E-state index contributed by atoms with van der Waals surface area (Å²) in [6.45, 7) is 0.994. The fraction of sp³-hybridized carbons (Fsp3) is 0.556. The molecule has 1 amide bonds. The molecule has 28 heavy (non-hydrogen) atoms. The molecular weight excluding hydrogens is 485 g/mol. The molecular formula is C18H27F2IN4O3. The van der Waals surface area contributed by atoms with Crippen molar-refractivity contribution in [3.05, 3.63) is 23.8 Å². The highest BCUT2D eigenvalue weighted by molar-refractivity contribution is 14.0. The Balaban J connectivity index is 0.00000392. The maximum Gasteiger partial charge on any atom is 0.387 e. The molecule has 158 valence electrons. The van der Waals surface area contributed by atoms with Crippen molar-refractivity contribution in [2.24, 2.45) is 10.9 Å². The van der Waals surface area contributed by atoms with E-state index in [1.54, 1.807) is 12.1 Å². The van der Waals surface area contributed by atoms with Crippen LogP contribution in [-0.2, 0) is 11.3 Å². The number of alkyl halides is 2. The summed E-state index contributed by atoms with van der Waals surface area (Å²) < 4.78 is 34.5. The highest BCUT2D eigenvalue weighted by Crippen LogP contribution is 2.30. The van der Waals surface area contributed by atoms with Crippen LogP contribution in [0.3, 0.4) is 0 Å². The quantitative estimate of drug-likeness (QED) is 0.194. The summed E-state index contributed by atoms with van der Waals surface area (Å²) in [5, 5.41) is 9.09. The normalized spacial score (nSPS) is 13.5. The van der Waals surface area contributed by atoms with Crippen molar-refractivity contribution in [3.63, 3.8) is 0 Å². The summed E-state index contributed by atoms with van der Waals surface area (Å²) in [6, 6.07) is 4.78. The number of amides is 1. The minimum Gasteiger partial charge on any atom is -0.493 e. The number of benzene rings is 1. The number of nitrogens with zero attached hydrogens (tertiary/aromatic N) is 1. The van der Waals surface area contributed by atoms with Gasteiger partial charge in [-0.15, -0.1) is 24.0 Å². The van der Waals surface area contributed by atoms with Crippen molar-refractivity contribution in [3.8, 4) is 11.5 Å². The number of rotatable bonds is 10. The van der Waals surface area contributed by atoms with Gasteiger partial charge >= 0.3 is 6.61 Å². The van der Waals surface area contributed by atoms with Crippen molar-refractivity contribution in [2.75, 3.05) is 26.7 Å². The highest BCUT2D eigenvalue weighted by atomic mass is 127. The third-order valence-corrected chi connectivity index (χ3v) is 3.87. The topological polar surface area (TPSA) is 84.0 Å². The van der Waals surface area contributed by atoms with E-state index in [4.69, 9.17) is 4.74 Å². The lowest BCUT2D eigenvalue weighted by Crippen LogP contribution is -2.41. The average molecular weight is 512 g/mol. The van der Waals surface area contributed by atoms with Gasteiger partial charge in [-0.25, -0.2) is 4.99 Å². The van der Waals surface area contributed by atoms with Crippen LogP contribution in [0.1, 0.15) is 25.3 Å². The van der Waals surface area contributed by atoms with Gasteiger partial charge in [0.15, 0.2) is 17.5 Å². The first-order valence-electron chi connectivity index (χ1n) is 8.95. The van der Waals surface area contributed by atoms with Crippen LogP contribution in [0, 0.1) is 5.92 Å². The maximum absolute atomic E-state index is 12.5. The number of halogens is 3. The maximum atomic E-state index is 12.5. The Hall–Kier alpha value is -1.85. The number of guanidine groups is 1. The van der Waals surface area contributed by atoms with Crippen molar-refractivity contribution < 1.29 is 23.0 Å². The molecule has 10 heteroatoms. The van der Waals surface area contributed by atoms with E-state index >= 15 is 0 Å². The van der Waals surface area contributed by atoms with E-state index < -0.39 is 6.61 Å². The Bertz CT molecular complexity index is 658. The van der Waals surface area contributed by atoms with Gasteiger partial charge in [0, 0.05) is 25.6 Å². The number of aliphatic imine (C=N–C) groups is 1. The Morgan fingerprint density at radius 2 is 1.93 bits per heavy atom. The largest absolute Gasteiger partial charge is 0.493 e. The summed E-state index contributed by atoms with van der Waals surface area (Å²) in [7, 11) is 1.39. The van der Waals surface area contributed by atoms with Crippen molar-refractivity contribution >= 4 is 35.8 Å². The first-order chi connectivity index (χ1) is 13.0. The van der Waals surface area contributed by atoms with E-state index in [0.29, 0.717) is 31.2 Å². The lowest BCUT2D eigenvalue weighted by atomic mass is 10.2. The molecule has 0 radical (unpaired) electrons. The van der Waals surface area contributed by atoms with E-state index in [9.17, 15) is 13.6 Å². The van der Waals surface area contributed by atoms with Gasteiger partial charge in [-0.3, -0.25) is 4.79 Å². The summed E-state index contributed by atoms with van der Waals surface area (Å²) in [5.74, 6) is 1.07. The van der Waals surface area contributed by atoms with Gasteiger partial charge in [0.25, 0.3) is 0 Å². The molecule has 0 atom stereocenters.